The predicted octanol–water partition coefficient (Wildman–Crippen LogP) is 5.89. The van der Waals surface area contributed by atoms with Crippen molar-refractivity contribution in [1.82, 2.24) is 9.80 Å². The molecule has 0 bridgehead atoms. The van der Waals surface area contributed by atoms with E-state index < -0.39 is 0 Å². The van der Waals surface area contributed by atoms with Gasteiger partial charge in [-0.25, -0.2) is 0 Å². The van der Waals surface area contributed by atoms with Crippen LogP contribution in [-0.2, 0) is 6.54 Å². The maximum absolute atomic E-state index is 2.67. The van der Waals surface area contributed by atoms with Crippen LogP contribution in [0.4, 0.5) is 0 Å². The van der Waals surface area contributed by atoms with Crippen molar-refractivity contribution in [2.45, 2.75) is 78.7 Å². The summed E-state index contributed by atoms with van der Waals surface area (Å²) in [7, 11) is 0. The van der Waals surface area contributed by atoms with E-state index in [1.54, 1.807) is 0 Å². The van der Waals surface area contributed by atoms with Crippen molar-refractivity contribution in [2.24, 2.45) is 5.92 Å². The third-order valence-electron chi connectivity index (χ3n) is 5.75. The quantitative estimate of drug-likeness (QED) is 0.430. The van der Waals surface area contributed by atoms with Crippen LogP contribution >= 0.6 is 0 Å². The fourth-order valence-electron chi connectivity index (χ4n) is 3.89. The molecule has 1 aromatic carbocycles. The maximum atomic E-state index is 2.67. The second kappa shape index (κ2) is 12.5. The normalized spacial score (nSPS) is 16.5. The fourth-order valence-corrected chi connectivity index (χ4v) is 3.89. The Labute approximate surface area is 163 Å². The van der Waals surface area contributed by atoms with E-state index >= 15 is 0 Å². The van der Waals surface area contributed by atoms with Gasteiger partial charge in [0.15, 0.2) is 0 Å². The molecule has 1 aliphatic rings. The Hall–Kier alpha value is -0.860. The Kier molecular flexibility index (Phi) is 10.3. The van der Waals surface area contributed by atoms with E-state index in [0.29, 0.717) is 0 Å². The van der Waals surface area contributed by atoms with Crippen LogP contribution < -0.4 is 0 Å². The molecule has 1 fully saturated rings. The number of rotatable bonds is 12. The number of nitrogens with zero attached hydrogens (tertiary/aromatic N) is 2. The van der Waals surface area contributed by atoms with Crippen molar-refractivity contribution in [2.75, 3.05) is 32.7 Å². The van der Waals surface area contributed by atoms with Gasteiger partial charge in [-0.15, -0.1) is 0 Å². The van der Waals surface area contributed by atoms with Crippen molar-refractivity contribution in [3.05, 3.63) is 35.4 Å². The molecule has 0 aliphatic carbocycles. The second-order valence-corrected chi connectivity index (χ2v) is 8.76. The summed E-state index contributed by atoms with van der Waals surface area (Å²) in [5, 5.41) is 0. The first-order valence-electron chi connectivity index (χ1n) is 11.1. The zero-order valence-corrected chi connectivity index (χ0v) is 17.7. The van der Waals surface area contributed by atoms with Gasteiger partial charge in [0.05, 0.1) is 0 Å². The number of aryl methyl sites for hydroxylation is 1. The standard InChI is InChI=1S/C24H42N2/c1-22(2)11-9-7-5-4-6-8-10-16-25-17-19-26(20-18-25)21-24-14-12-23(3)13-15-24/h12-15,22H,4-11,16-21H2,1-3H3. The molecule has 2 rings (SSSR count). The summed E-state index contributed by atoms with van der Waals surface area (Å²) in [5.74, 6) is 0.882. The van der Waals surface area contributed by atoms with Crippen LogP contribution in [0.3, 0.4) is 0 Å². The Morgan fingerprint density at radius 2 is 1.27 bits per heavy atom. The maximum Gasteiger partial charge on any atom is 0.0234 e. The molecule has 1 saturated heterocycles. The van der Waals surface area contributed by atoms with E-state index in [-0.39, 0.29) is 0 Å². The Balaban J connectivity index is 1.44. The molecule has 1 heterocycles. The lowest BCUT2D eigenvalue weighted by molar-refractivity contribution is 0.125. The van der Waals surface area contributed by atoms with E-state index in [4.69, 9.17) is 0 Å². The molecule has 0 atom stereocenters. The molecular weight excluding hydrogens is 316 g/mol. The Morgan fingerprint density at radius 3 is 1.88 bits per heavy atom. The van der Waals surface area contributed by atoms with Crippen molar-refractivity contribution in [1.29, 1.82) is 0 Å². The second-order valence-electron chi connectivity index (χ2n) is 8.76. The van der Waals surface area contributed by atoms with Crippen LogP contribution in [0, 0.1) is 12.8 Å². The minimum Gasteiger partial charge on any atom is -0.301 e. The van der Waals surface area contributed by atoms with E-state index in [0.717, 1.165) is 12.5 Å². The molecule has 0 N–H and O–H groups in total. The number of unbranched alkanes of at least 4 members (excludes halogenated alkanes) is 6. The van der Waals surface area contributed by atoms with Crippen LogP contribution in [0.15, 0.2) is 24.3 Å². The molecule has 0 aromatic heterocycles. The molecular formula is C24H42N2. The molecule has 2 nitrogen and oxygen atoms in total. The molecule has 0 unspecified atom stereocenters. The predicted molar refractivity (Wildman–Crippen MR) is 115 cm³/mol. The fraction of sp³-hybridized carbons (Fsp3) is 0.750. The highest BCUT2D eigenvalue weighted by Gasteiger charge is 2.16. The van der Waals surface area contributed by atoms with Crippen molar-refractivity contribution in [3.63, 3.8) is 0 Å². The number of benzene rings is 1. The summed E-state index contributed by atoms with van der Waals surface area (Å²) in [6.07, 6.45) is 11.4. The molecule has 0 spiro atoms. The highest BCUT2D eigenvalue weighted by atomic mass is 15.3. The van der Waals surface area contributed by atoms with Crippen molar-refractivity contribution in [3.8, 4) is 0 Å². The number of hydrogen-bond donors (Lipinski definition) is 0. The Morgan fingerprint density at radius 1 is 0.731 bits per heavy atom. The van der Waals surface area contributed by atoms with Gasteiger partial charge in [-0.3, -0.25) is 4.90 Å². The minimum atomic E-state index is 0.882. The average Bonchev–Trinajstić information content (AvgIpc) is 2.63. The highest BCUT2D eigenvalue weighted by Crippen LogP contribution is 2.13. The molecule has 1 aliphatic heterocycles. The van der Waals surface area contributed by atoms with Gasteiger partial charge in [-0.1, -0.05) is 88.6 Å². The van der Waals surface area contributed by atoms with E-state index in [1.807, 2.05) is 0 Å². The summed E-state index contributed by atoms with van der Waals surface area (Å²) in [4.78, 5) is 5.28. The third kappa shape index (κ3) is 9.19. The first kappa shape index (κ1) is 21.4. The summed E-state index contributed by atoms with van der Waals surface area (Å²) in [6.45, 7) is 14.2. The molecule has 26 heavy (non-hydrogen) atoms. The van der Waals surface area contributed by atoms with Crippen molar-refractivity contribution >= 4 is 0 Å². The smallest absolute Gasteiger partial charge is 0.0234 e. The lowest BCUT2D eigenvalue weighted by Crippen LogP contribution is -2.46. The van der Waals surface area contributed by atoms with Gasteiger partial charge in [0.25, 0.3) is 0 Å². The van der Waals surface area contributed by atoms with Gasteiger partial charge >= 0.3 is 0 Å². The molecule has 148 valence electrons. The van der Waals surface area contributed by atoms with Crippen molar-refractivity contribution < 1.29 is 0 Å². The van der Waals surface area contributed by atoms with Crippen LogP contribution in [0.2, 0.25) is 0 Å². The highest BCUT2D eigenvalue weighted by molar-refractivity contribution is 5.21. The zero-order chi connectivity index (χ0) is 18.6. The summed E-state index contributed by atoms with van der Waals surface area (Å²) < 4.78 is 0. The van der Waals surface area contributed by atoms with Gasteiger partial charge in [0.2, 0.25) is 0 Å². The Bertz CT molecular complexity index is 458. The van der Waals surface area contributed by atoms with Crippen LogP contribution in [0.5, 0.6) is 0 Å². The largest absolute Gasteiger partial charge is 0.301 e. The van der Waals surface area contributed by atoms with E-state index in [9.17, 15) is 0 Å². The minimum absolute atomic E-state index is 0.882. The monoisotopic (exact) mass is 358 g/mol. The molecule has 2 heteroatoms. The zero-order valence-electron chi connectivity index (χ0n) is 17.7. The summed E-state index contributed by atoms with van der Waals surface area (Å²) >= 11 is 0. The first-order valence-corrected chi connectivity index (χ1v) is 11.1. The third-order valence-corrected chi connectivity index (χ3v) is 5.75. The van der Waals surface area contributed by atoms with Gasteiger partial charge in [0.1, 0.15) is 0 Å². The lowest BCUT2D eigenvalue weighted by atomic mass is 10.0. The van der Waals surface area contributed by atoms with Gasteiger partial charge in [-0.2, -0.15) is 0 Å². The van der Waals surface area contributed by atoms with Gasteiger partial charge in [-0.05, 0) is 31.4 Å². The SMILES string of the molecule is Cc1ccc(CN2CCN(CCCCCCCCCC(C)C)CC2)cc1. The van der Waals surface area contributed by atoms with Gasteiger partial charge < -0.3 is 4.90 Å². The topological polar surface area (TPSA) is 6.48 Å². The van der Waals surface area contributed by atoms with Crippen LogP contribution in [-0.4, -0.2) is 42.5 Å². The summed E-state index contributed by atoms with van der Waals surface area (Å²) in [6, 6.07) is 9.03. The van der Waals surface area contributed by atoms with Gasteiger partial charge in [0, 0.05) is 32.7 Å². The molecule has 1 aromatic rings. The first-order chi connectivity index (χ1) is 12.6. The molecule has 0 amide bonds. The summed E-state index contributed by atoms with van der Waals surface area (Å²) in [5.41, 5.74) is 2.81. The van der Waals surface area contributed by atoms with E-state index in [2.05, 4.69) is 54.8 Å². The molecule has 0 saturated carbocycles. The average molecular weight is 359 g/mol. The van der Waals surface area contributed by atoms with Crippen LogP contribution in [0.1, 0.15) is 76.3 Å². The lowest BCUT2D eigenvalue weighted by Gasteiger charge is -2.34. The van der Waals surface area contributed by atoms with E-state index in [1.165, 1.54) is 95.2 Å². The molecule has 0 radical (unpaired) electrons. The number of hydrogen-bond acceptors (Lipinski definition) is 2. The van der Waals surface area contributed by atoms with Crippen LogP contribution in [0.25, 0.3) is 0 Å². The number of piperazine rings is 1.